The van der Waals surface area contributed by atoms with Crippen LogP contribution in [0.5, 0.6) is 0 Å². The lowest BCUT2D eigenvalue weighted by molar-refractivity contribution is 0.497. The zero-order valence-electron chi connectivity index (χ0n) is 10.6. The summed E-state index contributed by atoms with van der Waals surface area (Å²) in [5.74, 6) is -0.0362. The molecule has 0 radical (unpaired) electrons. The van der Waals surface area contributed by atoms with Crippen LogP contribution in [0.15, 0.2) is 69.9 Å². The van der Waals surface area contributed by atoms with Gasteiger partial charge in [-0.05, 0) is 5.56 Å². The summed E-state index contributed by atoms with van der Waals surface area (Å²) in [4.78, 5) is 12.0. The number of hydrogen-bond donors (Lipinski definition) is 0. The van der Waals surface area contributed by atoms with Crippen LogP contribution in [0.3, 0.4) is 0 Å². The maximum atomic E-state index is 12.0. The molecule has 0 saturated heterocycles. The molecule has 3 aromatic rings. The van der Waals surface area contributed by atoms with Gasteiger partial charge in [0.25, 0.3) is 0 Å². The van der Waals surface area contributed by atoms with E-state index in [1.807, 2.05) is 60.7 Å². The van der Waals surface area contributed by atoms with Crippen molar-refractivity contribution in [3.63, 3.8) is 0 Å². The van der Waals surface area contributed by atoms with E-state index in [-0.39, 0.29) is 0 Å². The fraction of sp³-hybridized carbons (Fsp3) is 0.0625. The van der Waals surface area contributed by atoms with Crippen molar-refractivity contribution in [2.24, 2.45) is 0 Å². The Bertz CT molecular complexity index is 760. The van der Waals surface area contributed by atoms with Crippen LogP contribution in [0.2, 0.25) is 5.15 Å². The zero-order chi connectivity index (χ0) is 13.9. The highest BCUT2D eigenvalue weighted by Gasteiger charge is 2.16. The number of benzene rings is 2. The molecule has 20 heavy (non-hydrogen) atoms. The van der Waals surface area contributed by atoms with Crippen molar-refractivity contribution in [2.45, 2.75) is 6.54 Å². The number of aromatic nitrogens is 1. The Kier molecular flexibility index (Phi) is 3.44. The molecule has 2 aromatic carbocycles. The Morgan fingerprint density at radius 2 is 1.55 bits per heavy atom. The Morgan fingerprint density at radius 1 is 0.950 bits per heavy atom. The molecule has 0 amide bonds. The summed E-state index contributed by atoms with van der Waals surface area (Å²) in [6, 6.07) is 19.0. The van der Waals surface area contributed by atoms with Crippen molar-refractivity contribution in [1.82, 2.24) is 4.57 Å². The van der Waals surface area contributed by atoms with Crippen LogP contribution in [-0.2, 0) is 6.54 Å². The van der Waals surface area contributed by atoms with Crippen molar-refractivity contribution in [1.29, 1.82) is 0 Å². The van der Waals surface area contributed by atoms with Gasteiger partial charge in [-0.25, -0.2) is 4.79 Å². The molecule has 0 aliphatic heterocycles. The van der Waals surface area contributed by atoms with Crippen LogP contribution in [0, 0.1) is 0 Å². The summed E-state index contributed by atoms with van der Waals surface area (Å²) in [5.41, 5.74) is 1.79. The van der Waals surface area contributed by atoms with Gasteiger partial charge in [-0.15, -0.1) is 0 Å². The van der Waals surface area contributed by atoms with Crippen molar-refractivity contribution >= 4 is 11.6 Å². The molecule has 3 rings (SSSR count). The molecule has 0 N–H and O–H groups in total. The monoisotopic (exact) mass is 285 g/mol. The second-order valence-electron chi connectivity index (χ2n) is 4.43. The van der Waals surface area contributed by atoms with E-state index >= 15 is 0 Å². The zero-order valence-corrected chi connectivity index (χ0v) is 11.4. The van der Waals surface area contributed by atoms with E-state index in [9.17, 15) is 4.79 Å². The Balaban J connectivity index is 2.02. The lowest BCUT2D eigenvalue weighted by atomic mass is 10.2. The van der Waals surface area contributed by atoms with Gasteiger partial charge in [0.2, 0.25) is 0 Å². The summed E-state index contributed by atoms with van der Waals surface area (Å²) >= 11 is 6.28. The lowest BCUT2D eigenvalue weighted by Gasteiger charge is -2.02. The summed E-state index contributed by atoms with van der Waals surface area (Å²) in [6.07, 6.45) is 0. The quantitative estimate of drug-likeness (QED) is 0.733. The van der Waals surface area contributed by atoms with Gasteiger partial charge in [0.15, 0.2) is 10.9 Å². The molecule has 0 atom stereocenters. The van der Waals surface area contributed by atoms with Crippen molar-refractivity contribution in [3.8, 4) is 11.3 Å². The first kappa shape index (κ1) is 12.8. The molecular formula is C16H12ClNO2. The van der Waals surface area contributed by atoms with Crippen molar-refractivity contribution in [2.75, 3.05) is 0 Å². The van der Waals surface area contributed by atoms with E-state index in [1.54, 1.807) is 0 Å². The fourth-order valence-corrected chi connectivity index (χ4v) is 2.33. The summed E-state index contributed by atoms with van der Waals surface area (Å²) in [5, 5.41) is 0.324. The second kappa shape index (κ2) is 5.39. The minimum absolute atomic E-state index is 0.324. The second-order valence-corrected chi connectivity index (χ2v) is 4.78. The average Bonchev–Trinajstić information content (AvgIpc) is 2.77. The van der Waals surface area contributed by atoms with Crippen LogP contribution >= 0.6 is 11.6 Å². The van der Waals surface area contributed by atoms with Crippen molar-refractivity contribution < 1.29 is 4.42 Å². The number of nitrogens with zero attached hydrogens (tertiary/aromatic N) is 1. The molecule has 0 saturated carbocycles. The van der Waals surface area contributed by atoms with Crippen LogP contribution < -0.4 is 5.76 Å². The predicted octanol–water partition coefficient (Wildman–Crippen LogP) is 3.81. The third kappa shape index (κ3) is 2.40. The molecule has 0 aliphatic rings. The molecule has 0 fully saturated rings. The largest absolute Gasteiger partial charge is 0.421 e. The fourth-order valence-electron chi connectivity index (χ4n) is 2.05. The van der Waals surface area contributed by atoms with Gasteiger partial charge in [-0.1, -0.05) is 72.3 Å². The normalized spacial score (nSPS) is 10.7. The van der Waals surface area contributed by atoms with E-state index < -0.39 is 5.76 Å². The highest BCUT2D eigenvalue weighted by molar-refractivity contribution is 6.31. The van der Waals surface area contributed by atoms with Crippen LogP contribution in [0.4, 0.5) is 0 Å². The molecule has 0 unspecified atom stereocenters. The van der Waals surface area contributed by atoms with E-state index in [0.717, 1.165) is 11.1 Å². The minimum Gasteiger partial charge on any atom is -0.406 e. The summed E-state index contributed by atoms with van der Waals surface area (Å²) < 4.78 is 6.71. The lowest BCUT2D eigenvalue weighted by Crippen LogP contribution is -2.14. The van der Waals surface area contributed by atoms with Gasteiger partial charge >= 0.3 is 5.76 Å². The molecule has 1 aromatic heterocycles. The molecule has 3 nitrogen and oxygen atoms in total. The molecular weight excluding hydrogens is 274 g/mol. The smallest absolute Gasteiger partial charge is 0.406 e. The first-order valence-corrected chi connectivity index (χ1v) is 6.62. The number of halogens is 1. The van der Waals surface area contributed by atoms with Crippen LogP contribution in [-0.4, -0.2) is 4.57 Å². The molecule has 0 bridgehead atoms. The summed E-state index contributed by atoms with van der Waals surface area (Å²) in [7, 11) is 0. The first-order chi connectivity index (χ1) is 9.75. The molecule has 0 spiro atoms. The van der Waals surface area contributed by atoms with Crippen LogP contribution in [0.1, 0.15) is 5.56 Å². The predicted molar refractivity (Wildman–Crippen MR) is 79.0 cm³/mol. The van der Waals surface area contributed by atoms with E-state index in [1.165, 1.54) is 4.57 Å². The Labute approximate surface area is 121 Å². The van der Waals surface area contributed by atoms with Crippen molar-refractivity contribution in [3.05, 3.63) is 81.9 Å². The standard InChI is InChI=1S/C16H12ClNO2/c17-15-14(13-9-5-2-6-10-13)20-16(19)18(15)11-12-7-3-1-4-8-12/h1-10H,11H2. The third-order valence-electron chi connectivity index (χ3n) is 3.05. The number of rotatable bonds is 3. The molecule has 4 heteroatoms. The minimum atomic E-state index is -0.447. The molecule has 1 heterocycles. The third-order valence-corrected chi connectivity index (χ3v) is 3.43. The molecule has 0 aliphatic carbocycles. The van der Waals surface area contributed by atoms with E-state index in [0.29, 0.717) is 17.5 Å². The van der Waals surface area contributed by atoms with E-state index in [2.05, 4.69) is 0 Å². The average molecular weight is 286 g/mol. The number of oxazole rings is 1. The maximum absolute atomic E-state index is 12.0. The number of hydrogen-bond acceptors (Lipinski definition) is 2. The summed E-state index contributed by atoms with van der Waals surface area (Å²) in [6.45, 7) is 0.398. The Morgan fingerprint density at radius 3 is 2.20 bits per heavy atom. The maximum Gasteiger partial charge on any atom is 0.421 e. The first-order valence-electron chi connectivity index (χ1n) is 6.24. The van der Waals surface area contributed by atoms with Gasteiger partial charge < -0.3 is 4.42 Å². The van der Waals surface area contributed by atoms with Gasteiger partial charge in [-0.3, -0.25) is 4.57 Å². The van der Waals surface area contributed by atoms with Crippen LogP contribution in [0.25, 0.3) is 11.3 Å². The highest BCUT2D eigenvalue weighted by atomic mass is 35.5. The Hall–Kier alpha value is -2.26. The van der Waals surface area contributed by atoms with Gasteiger partial charge in [0.05, 0.1) is 6.54 Å². The topological polar surface area (TPSA) is 35.1 Å². The van der Waals surface area contributed by atoms with Gasteiger partial charge in [0, 0.05) is 5.56 Å². The SMILES string of the molecule is O=c1oc(-c2ccccc2)c(Cl)n1Cc1ccccc1. The van der Waals surface area contributed by atoms with Gasteiger partial charge in [0.1, 0.15) is 0 Å². The van der Waals surface area contributed by atoms with E-state index in [4.69, 9.17) is 16.0 Å². The van der Waals surface area contributed by atoms with Gasteiger partial charge in [-0.2, -0.15) is 0 Å². The highest BCUT2D eigenvalue weighted by Crippen LogP contribution is 2.27. The molecule has 100 valence electrons.